The molecule has 104 valence electrons. The van der Waals surface area contributed by atoms with Crippen molar-refractivity contribution in [2.75, 3.05) is 17.2 Å². The fraction of sp³-hybridized carbons (Fsp3) is 0.615. The molecule has 0 amide bonds. The number of aromatic nitrogens is 1. The number of rotatable bonds is 7. The predicted octanol–water partition coefficient (Wildman–Crippen LogP) is 3.02. The molecule has 6 heteroatoms. The SMILES string of the molecule is CCCNc1cc([N+](=O)[O-])cc(NC2CC2CC)n1. The third-order valence-corrected chi connectivity index (χ3v) is 3.36. The van der Waals surface area contributed by atoms with Gasteiger partial charge in [0.05, 0.1) is 17.1 Å². The second kappa shape index (κ2) is 5.86. The molecule has 1 aliphatic carbocycles. The van der Waals surface area contributed by atoms with E-state index in [4.69, 9.17) is 0 Å². The van der Waals surface area contributed by atoms with Crippen molar-refractivity contribution in [2.45, 2.75) is 39.2 Å². The number of hydrogen-bond donors (Lipinski definition) is 2. The Morgan fingerprint density at radius 1 is 1.42 bits per heavy atom. The Morgan fingerprint density at radius 2 is 2.16 bits per heavy atom. The van der Waals surface area contributed by atoms with Crippen LogP contribution in [-0.2, 0) is 0 Å². The van der Waals surface area contributed by atoms with Gasteiger partial charge in [0.15, 0.2) is 0 Å². The molecule has 0 spiro atoms. The summed E-state index contributed by atoms with van der Waals surface area (Å²) in [5.74, 6) is 1.83. The second-order valence-electron chi connectivity index (χ2n) is 4.93. The van der Waals surface area contributed by atoms with Crippen LogP contribution in [-0.4, -0.2) is 22.5 Å². The first-order chi connectivity index (χ1) is 9.13. The van der Waals surface area contributed by atoms with E-state index >= 15 is 0 Å². The van der Waals surface area contributed by atoms with Crippen molar-refractivity contribution >= 4 is 17.3 Å². The van der Waals surface area contributed by atoms with Crippen LogP contribution in [0.2, 0.25) is 0 Å². The summed E-state index contributed by atoms with van der Waals surface area (Å²) < 4.78 is 0. The molecule has 0 bridgehead atoms. The Morgan fingerprint density at radius 3 is 2.74 bits per heavy atom. The molecule has 1 saturated carbocycles. The van der Waals surface area contributed by atoms with Crippen LogP contribution in [0.3, 0.4) is 0 Å². The first kappa shape index (κ1) is 13.6. The molecular formula is C13H20N4O2. The van der Waals surface area contributed by atoms with E-state index in [-0.39, 0.29) is 10.6 Å². The smallest absolute Gasteiger partial charge is 0.276 e. The van der Waals surface area contributed by atoms with E-state index in [9.17, 15) is 10.1 Å². The van der Waals surface area contributed by atoms with Crippen molar-refractivity contribution in [3.63, 3.8) is 0 Å². The monoisotopic (exact) mass is 264 g/mol. The minimum absolute atomic E-state index is 0.0739. The lowest BCUT2D eigenvalue weighted by atomic mass is 10.3. The maximum absolute atomic E-state index is 10.9. The zero-order chi connectivity index (χ0) is 13.8. The quantitative estimate of drug-likeness (QED) is 0.584. The van der Waals surface area contributed by atoms with Gasteiger partial charge in [-0.15, -0.1) is 0 Å². The molecule has 0 saturated heterocycles. The number of nitrogens with zero attached hydrogens (tertiary/aromatic N) is 2. The van der Waals surface area contributed by atoms with Crippen molar-refractivity contribution in [1.82, 2.24) is 4.98 Å². The lowest BCUT2D eigenvalue weighted by Crippen LogP contribution is -2.09. The number of anilines is 2. The minimum atomic E-state index is -0.381. The molecular weight excluding hydrogens is 244 g/mol. The molecule has 6 nitrogen and oxygen atoms in total. The van der Waals surface area contributed by atoms with Crippen LogP contribution in [0.5, 0.6) is 0 Å². The maximum atomic E-state index is 10.9. The van der Waals surface area contributed by atoms with Gasteiger partial charge in [0.25, 0.3) is 5.69 Å². The van der Waals surface area contributed by atoms with Gasteiger partial charge < -0.3 is 10.6 Å². The van der Waals surface area contributed by atoms with Crippen molar-refractivity contribution in [1.29, 1.82) is 0 Å². The van der Waals surface area contributed by atoms with Crippen LogP contribution < -0.4 is 10.6 Å². The van der Waals surface area contributed by atoms with Crippen molar-refractivity contribution in [2.24, 2.45) is 5.92 Å². The summed E-state index contributed by atoms with van der Waals surface area (Å²) in [6, 6.07) is 3.39. The minimum Gasteiger partial charge on any atom is -0.370 e. The highest BCUT2D eigenvalue weighted by Gasteiger charge is 2.35. The average molecular weight is 264 g/mol. The van der Waals surface area contributed by atoms with Gasteiger partial charge in [0.1, 0.15) is 11.6 Å². The predicted molar refractivity (Wildman–Crippen MR) is 75.5 cm³/mol. The summed E-state index contributed by atoms with van der Waals surface area (Å²) in [6.07, 6.45) is 3.21. The summed E-state index contributed by atoms with van der Waals surface area (Å²) >= 11 is 0. The van der Waals surface area contributed by atoms with E-state index in [1.165, 1.54) is 12.1 Å². The zero-order valence-electron chi connectivity index (χ0n) is 11.3. The van der Waals surface area contributed by atoms with Crippen molar-refractivity contribution in [3.8, 4) is 0 Å². The molecule has 1 fully saturated rings. The summed E-state index contributed by atoms with van der Waals surface area (Å²) in [5, 5.41) is 17.3. The van der Waals surface area contributed by atoms with Gasteiger partial charge in [-0.1, -0.05) is 20.3 Å². The topological polar surface area (TPSA) is 80.1 Å². The Kier molecular flexibility index (Phi) is 4.19. The third-order valence-electron chi connectivity index (χ3n) is 3.36. The van der Waals surface area contributed by atoms with Crippen LogP contribution >= 0.6 is 0 Å². The van der Waals surface area contributed by atoms with Crippen LogP contribution in [0.4, 0.5) is 17.3 Å². The van der Waals surface area contributed by atoms with Gasteiger partial charge in [0.2, 0.25) is 0 Å². The van der Waals surface area contributed by atoms with E-state index in [2.05, 4.69) is 22.5 Å². The number of pyridine rings is 1. The average Bonchev–Trinajstić information content (AvgIpc) is 3.14. The van der Waals surface area contributed by atoms with Gasteiger partial charge in [-0.2, -0.15) is 0 Å². The van der Waals surface area contributed by atoms with Crippen LogP contribution in [0.25, 0.3) is 0 Å². The molecule has 0 aromatic carbocycles. The van der Waals surface area contributed by atoms with E-state index < -0.39 is 0 Å². The van der Waals surface area contributed by atoms with Crippen LogP contribution in [0.1, 0.15) is 33.1 Å². The summed E-state index contributed by atoms with van der Waals surface area (Å²) in [7, 11) is 0. The van der Waals surface area contributed by atoms with Crippen molar-refractivity contribution < 1.29 is 4.92 Å². The number of nitrogens with one attached hydrogen (secondary N) is 2. The van der Waals surface area contributed by atoms with Gasteiger partial charge in [-0.05, 0) is 18.8 Å². The molecule has 2 rings (SSSR count). The second-order valence-corrected chi connectivity index (χ2v) is 4.93. The fourth-order valence-electron chi connectivity index (χ4n) is 2.10. The van der Waals surface area contributed by atoms with Gasteiger partial charge in [-0.25, -0.2) is 4.98 Å². The van der Waals surface area contributed by atoms with Gasteiger partial charge in [-0.3, -0.25) is 10.1 Å². The fourth-order valence-corrected chi connectivity index (χ4v) is 2.10. The molecule has 1 aromatic heterocycles. The largest absolute Gasteiger partial charge is 0.370 e. The summed E-state index contributed by atoms with van der Waals surface area (Å²) in [6.45, 7) is 4.95. The first-order valence-corrected chi connectivity index (χ1v) is 6.81. The highest BCUT2D eigenvalue weighted by molar-refractivity contribution is 5.55. The van der Waals surface area contributed by atoms with Crippen molar-refractivity contribution in [3.05, 3.63) is 22.2 Å². The van der Waals surface area contributed by atoms with E-state index in [0.717, 1.165) is 25.8 Å². The molecule has 19 heavy (non-hydrogen) atoms. The highest BCUT2D eigenvalue weighted by atomic mass is 16.6. The molecule has 1 aromatic rings. The number of nitro groups is 1. The molecule has 0 aliphatic heterocycles. The maximum Gasteiger partial charge on any atom is 0.276 e. The lowest BCUT2D eigenvalue weighted by Gasteiger charge is -2.08. The lowest BCUT2D eigenvalue weighted by molar-refractivity contribution is -0.384. The molecule has 2 N–H and O–H groups in total. The Labute approximate surface area is 112 Å². The third kappa shape index (κ3) is 3.56. The molecule has 0 radical (unpaired) electrons. The highest BCUT2D eigenvalue weighted by Crippen LogP contribution is 2.36. The summed E-state index contributed by atoms with van der Waals surface area (Å²) in [5.41, 5.74) is 0.0739. The van der Waals surface area contributed by atoms with E-state index in [0.29, 0.717) is 23.6 Å². The normalized spacial score (nSPS) is 20.9. The zero-order valence-corrected chi connectivity index (χ0v) is 11.3. The molecule has 2 atom stereocenters. The molecule has 2 unspecified atom stereocenters. The molecule has 1 aliphatic rings. The Hall–Kier alpha value is -1.85. The summed E-state index contributed by atoms with van der Waals surface area (Å²) in [4.78, 5) is 14.9. The van der Waals surface area contributed by atoms with Crippen LogP contribution in [0.15, 0.2) is 12.1 Å². The number of hydrogen-bond acceptors (Lipinski definition) is 5. The van der Waals surface area contributed by atoms with Gasteiger partial charge >= 0.3 is 0 Å². The van der Waals surface area contributed by atoms with E-state index in [1.807, 2.05) is 6.92 Å². The standard InChI is InChI=1S/C13H20N4O2/c1-3-5-14-12-7-10(17(18)19)8-13(16-12)15-11-6-9(11)4-2/h7-9,11H,3-6H2,1-2H3,(H2,14,15,16). The van der Waals surface area contributed by atoms with Gasteiger partial charge in [0, 0.05) is 12.6 Å². The Balaban J connectivity index is 2.12. The molecule has 1 heterocycles. The first-order valence-electron chi connectivity index (χ1n) is 6.81. The Bertz CT molecular complexity index is 464. The van der Waals surface area contributed by atoms with E-state index in [1.54, 1.807) is 0 Å². The van der Waals surface area contributed by atoms with Crippen LogP contribution in [0, 0.1) is 16.0 Å².